The van der Waals surface area contributed by atoms with Gasteiger partial charge in [-0.1, -0.05) is 19.4 Å². The largest absolute Gasteiger partial charge is 0.398 e. The van der Waals surface area contributed by atoms with Gasteiger partial charge in [0.2, 0.25) is 5.91 Å². The van der Waals surface area contributed by atoms with Gasteiger partial charge in [-0.25, -0.2) is 0 Å². The lowest BCUT2D eigenvalue weighted by Gasteiger charge is -2.17. The summed E-state index contributed by atoms with van der Waals surface area (Å²) in [6, 6.07) is 5.24. The smallest absolute Gasteiger partial charge is 0.248 e. The Bertz CT molecular complexity index is 390. The second kappa shape index (κ2) is 6.25. The third-order valence-electron chi connectivity index (χ3n) is 2.76. The van der Waals surface area contributed by atoms with Gasteiger partial charge in [-0.2, -0.15) is 0 Å². The van der Waals surface area contributed by atoms with Crippen LogP contribution in [0.3, 0.4) is 0 Å². The van der Waals surface area contributed by atoms with Crippen LogP contribution in [0.5, 0.6) is 0 Å². The third kappa shape index (κ3) is 4.07. The van der Waals surface area contributed by atoms with E-state index in [0.29, 0.717) is 11.3 Å². The van der Waals surface area contributed by atoms with Gasteiger partial charge in [0.05, 0.1) is 0 Å². The number of hydrogen-bond donors (Lipinski definition) is 2. The summed E-state index contributed by atoms with van der Waals surface area (Å²) < 4.78 is 0. The topological polar surface area (TPSA) is 72.3 Å². The van der Waals surface area contributed by atoms with E-state index in [1.54, 1.807) is 12.1 Å². The van der Waals surface area contributed by atoms with E-state index in [2.05, 4.69) is 18.9 Å². The molecule has 1 aromatic rings. The molecule has 4 heteroatoms. The van der Waals surface area contributed by atoms with E-state index < -0.39 is 5.91 Å². The number of benzene rings is 1. The summed E-state index contributed by atoms with van der Waals surface area (Å²) in [5, 5.41) is 0. The van der Waals surface area contributed by atoms with Crippen molar-refractivity contribution in [1.29, 1.82) is 0 Å². The lowest BCUT2D eigenvalue weighted by molar-refractivity contribution is 0.100. The molecule has 0 aliphatic heterocycles. The molecule has 0 spiro atoms. The summed E-state index contributed by atoms with van der Waals surface area (Å²) in [6.45, 7) is 4.02. The lowest BCUT2D eigenvalue weighted by atomic mass is 10.1. The van der Waals surface area contributed by atoms with Crippen molar-refractivity contribution in [3.63, 3.8) is 0 Å². The first kappa shape index (κ1) is 13.5. The van der Waals surface area contributed by atoms with Crippen molar-refractivity contribution in [3.05, 3.63) is 29.3 Å². The lowest BCUT2D eigenvalue weighted by Crippen LogP contribution is -2.20. The van der Waals surface area contributed by atoms with Crippen LogP contribution >= 0.6 is 0 Å². The maximum atomic E-state index is 11.0. The number of carbonyl (C=O) groups is 1. The average Bonchev–Trinajstić information content (AvgIpc) is 2.28. The first-order valence-corrected chi connectivity index (χ1v) is 5.91. The van der Waals surface area contributed by atoms with E-state index in [4.69, 9.17) is 11.5 Å². The van der Waals surface area contributed by atoms with E-state index in [1.165, 1.54) is 12.8 Å². The molecule has 0 heterocycles. The standard InChI is InChI=1S/C13H21N3O/c1-3-4-7-16(2)9-11-6-5-10(13(15)17)8-12(11)14/h5-6,8H,3-4,7,9,14H2,1-2H3,(H2,15,17). The monoisotopic (exact) mass is 235 g/mol. The van der Waals surface area contributed by atoms with Crippen molar-refractivity contribution in [2.45, 2.75) is 26.3 Å². The molecule has 1 amide bonds. The number of carbonyl (C=O) groups excluding carboxylic acids is 1. The average molecular weight is 235 g/mol. The number of amides is 1. The van der Waals surface area contributed by atoms with Gasteiger partial charge >= 0.3 is 0 Å². The van der Waals surface area contributed by atoms with Crippen LogP contribution in [0.15, 0.2) is 18.2 Å². The summed E-state index contributed by atoms with van der Waals surface area (Å²) in [6.07, 6.45) is 2.36. The number of nitrogen functional groups attached to an aromatic ring is 1. The Balaban J connectivity index is 2.69. The van der Waals surface area contributed by atoms with Gasteiger partial charge in [0.1, 0.15) is 0 Å². The first-order chi connectivity index (χ1) is 8.04. The Labute approximate surface area is 103 Å². The molecule has 1 rings (SSSR count). The zero-order valence-electron chi connectivity index (χ0n) is 10.6. The second-order valence-corrected chi connectivity index (χ2v) is 4.37. The number of primary amides is 1. The Morgan fingerprint density at radius 1 is 1.41 bits per heavy atom. The Morgan fingerprint density at radius 3 is 2.65 bits per heavy atom. The number of anilines is 1. The van der Waals surface area contributed by atoms with Crippen molar-refractivity contribution in [2.24, 2.45) is 5.73 Å². The van der Waals surface area contributed by atoms with Gasteiger partial charge in [-0.15, -0.1) is 0 Å². The molecule has 1 aromatic carbocycles. The van der Waals surface area contributed by atoms with Gasteiger partial charge in [0.25, 0.3) is 0 Å². The molecule has 0 saturated carbocycles. The molecule has 0 fully saturated rings. The molecule has 0 bridgehead atoms. The van der Waals surface area contributed by atoms with E-state index >= 15 is 0 Å². The molecule has 0 saturated heterocycles. The van der Waals surface area contributed by atoms with Crippen LogP contribution in [0, 0.1) is 0 Å². The van der Waals surface area contributed by atoms with Gasteiger partial charge < -0.3 is 16.4 Å². The molecule has 0 aliphatic rings. The van der Waals surface area contributed by atoms with Crippen molar-refractivity contribution in [2.75, 3.05) is 19.3 Å². The minimum Gasteiger partial charge on any atom is -0.398 e. The molecule has 4 nitrogen and oxygen atoms in total. The minimum atomic E-state index is -0.442. The Morgan fingerprint density at radius 2 is 2.12 bits per heavy atom. The molecule has 17 heavy (non-hydrogen) atoms. The highest BCUT2D eigenvalue weighted by Gasteiger charge is 2.06. The zero-order chi connectivity index (χ0) is 12.8. The quantitative estimate of drug-likeness (QED) is 0.736. The number of hydrogen-bond acceptors (Lipinski definition) is 3. The maximum Gasteiger partial charge on any atom is 0.248 e. The fourth-order valence-electron chi connectivity index (χ4n) is 1.69. The second-order valence-electron chi connectivity index (χ2n) is 4.37. The number of nitrogens with two attached hydrogens (primary N) is 2. The molecule has 94 valence electrons. The molecule has 0 aromatic heterocycles. The van der Waals surface area contributed by atoms with E-state index in [0.717, 1.165) is 18.7 Å². The fourth-order valence-corrected chi connectivity index (χ4v) is 1.69. The molecular formula is C13H21N3O. The zero-order valence-corrected chi connectivity index (χ0v) is 10.6. The van der Waals surface area contributed by atoms with Gasteiger partial charge in [-0.3, -0.25) is 4.79 Å². The van der Waals surface area contributed by atoms with Crippen LogP contribution in [-0.4, -0.2) is 24.4 Å². The van der Waals surface area contributed by atoms with Crippen LogP contribution in [0.1, 0.15) is 35.7 Å². The van der Waals surface area contributed by atoms with E-state index in [-0.39, 0.29) is 0 Å². The summed E-state index contributed by atoms with van der Waals surface area (Å²) >= 11 is 0. The summed E-state index contributed by atoms with van der Waals surface area (Å²) in [5.41, 5.74) is 13.2. The summed E-state index contributed by atoms with van der Waals surface area (Å²) in [5.74, 6) is -0.442. The van der Waals surface area contributed by atoms with Crippen molar-refractivity contribution in [1.82, 2.24) is 4.90 Å². The van der Waals surface area contributed by atoms with Crippen LogP contribution in [-0.2, 0) is 6.54 Å². The Kier molecular flexibility index (Phi) is 4.97. The highest BCUT2D eigenvalue weighted by Crippen LogP contribution is 2.16. The normalized spacial score (nSPS) is 10.8. The molecule has 0 unspecified atom stereocenters. The molecule has 0 aliphatic carbocycles. The number of nitrogens with zero attached hydrogens (tertiary/aromatic N) is 1. The first-order valence-electron chi connectivity index (χ1n) is 5.91. The van der Waals surface area contributed by atoms with Crippen LogP contribution < -0.4 is 11.5 Å². The van der Waals surface area contributed by atoms with Crippen molar-refractivity contribution >= 4 is 11.6 Å². The van der Waals surface area contributed by atoms with Gasteiger partial charge in [0, 0.05) is 17.8 Å². The number of unbranched alkanes of at least 4 members (excludes halogenated alkanes) is 1. The van der Waals surface area contributed by atoms with Crippen LogP contribution in [0.2, 0.25) is 0 Å². The van der Waals surface area contributed by atoms with Gasteiger partial charge in [-0.05, 0) is 37.7 Å². The van der Waals surface area contributed by atoms with E-state index in [1.807, 2.05) is 6.07 Å². The predicted molar refractivity (Wildman–Crippen MR) is 70.6 cm³/mol. The molecule has 0 atom stereocenters. The fraction of sp³-hybridized carbons (Fsp3) is 0.462. The van der Waals surface area contributed by atoms with Crippen LogP contribution in [0.25, 0.3) is 0 Å². The summed E-state index contributed by atoms with van der Waals surface area (Å²) in [7, 11) is 2.07. The predicted octanol–water partition coefficient (Wildman–Crippen LogP) is 1.60. The highest BCUT2D eigenvalue weighted by molar-refractivity contribution is 5.93. The summed E-state index contributed by atoms with van der Waals surface area (Å²) in [4.78, 5) is 13.2. The molecule has 0 radical (unpaired) electrons. The minimum absolute atomic E-state index is 0.442. The molecular weight excluding hydrogens is 214 g/mol. The van der Waals surface area contributed by atoms with Gasteiger partial charge in [0.15, 0.2) is 0 Å². The van der Waals surface area contributed by atoms with Crippen LogP contribution in [0.4, 0.5) is 5.69 Å². The van der Waals surface area contributed by atoms with E-state index in [9.17, 15) is 4.79 Å². The van der Waals surface area contributed by atoms with Crippen molar-refractivity contribution < 1.29 is 4.79 Å². The third-order valence-corrected chi connectivity index (χ3v) is 2.76. The number of rotatable bonds is 6. The highest BCUT2D eigenvalue weighted by atomic mass is 16.1. The molecule has 4 N–H and O–H groups in total. The maximum absolute atomic E-state index is 11.0. The Hall–Kier alpha value is -1.55. The SMILES string of the molecule is CCCCN(C)Cc1ccc(C(N)=O)cc1N. The van der Waals surface area contributed by atoms with Crippen molar-refractivity contribution in [3.8, 4) is 0 Å².